The van der Waals surface area contributed by atoms with Gasteiger partial charge in [0.05, 0.1) is 0 Å². The summed E-state index contributed by atoms with van der Waals surface area (Å²) in [5.74, 6) is 0. The van der Waals surface area contributed by atoms with E-state index in [9.17, 15) is 0 Å². The van der Waals surface area contributed by atoms with Gasteiger partial charge in [-0.05, 0) is 0 Å². The first-order valence-electron chi connectivity index (χ1n) is 3.68. The fourth-order valence-corrected chi connectivity index (χ4v) is 5.79. The second kappa shape index (κ2) is 4.14. The van der Waals surface area contributed by atoms with Gasteiger partial charge in [-0.15, -0.1) is 0 Å². The summed E-state index contributed by atoms with van der Waals surface area (Å²) in [6.07, 6.45) is 7.61. The maximum absolute atomic E-state index is 2.36. The molecule has 0 aromatic heterocycles. The predicted molar refractivity (Wildman–Crippen MR) is 44.2 cm³/mol. The molecule has 1 rings (SSSR count). The maximum atomic E-state index is 2.36. The number of hydrogen-bond donors (Lipinski definition) is 0. The molecule has 1 saturated heterocycles. The zero-order valence-electron chi connectivity index (χ0n) is 6.10. The normalized spacial score (nSPS) is 21.9. The van der Waals surface area contributed by atoms with Crippen molar-refractivity contribution in [3.8, 4) is 0 Å². The van der Waals surface area contributed by atoms with Gasteiger partial charge >= 0.3 is 61.8 Å². The Kier molecular flexibility index (Phi) is 3.39. The summed E-state index contributed by atoms with van der Waals surface area (Å²) in [4.78, 5) is 0. The Morgan fingerprint density at radius 2 is 2.00 bits per heavy atom. The topological polar surface area (TPSA) is 0 Å². The average Bonchev–Trinajstić information content (AvgIpc) is 2.34. The van der Waals surface area contributed by atoms with Crippen LogP contribution in [0.25, 0.3) is 0 Å². The molecule has 0 amide bonds. The van der Waals surface area contributed by atoms with Crippen LogP contribution in [0.3, 0.4) is 0 Å². The summed E-state index contributed by atoms with van der Waals surface area (Å²) in [7, 11) is 0. The van der Waals surface area contributed by atoms with Gasteiger partial charge in [-0.2, -0.15) is 0 Å². The molecule has 0 aromatic rings. The molecule has 0 unspecified atom stereocenters. The molecule has 0 atom stereocenters. The molecule has 0 spiro atoms. The summed E-state index contributed by atoms with van der Waals surface area (Å²) < 4.78 is 0. The number of hydrogen-bond acceptors (Lipinski definition) is 0. The zero-order valence-corrected chi connectivity index (χ0v) is 7.81. The Morgan fingerprint density at radius 1 is 1.33 bits per heavy atom. The number of rotatable bonds is 2. The third-order valence-electron chi connectivity index (χ3n) is 1.68. The molecule has 52 valence electrons. The summed E-state index contributed by atoms with van der Waals surface area (Å²) in [5.41, 5.74) is 0. The van der Waals surface area contributed by atoms with Crippen LogP contribution in [0.15, 0.2) is 12.2 Å². The van der Waals surface area contributed by atoms with E-state index in [1.54, 1.807) is 10.6 Å². The van der Waals surface area contributed by atoms with E-state index < -0.39 is 0 Å². The molecule has 9 heavy (non-hydrogen) atoms. The molecule has 1 heterocycles. The molecule has 0 nitrogen and oxygen atoms in total. The SMILES string of the molecule is C/C=C/C[Se+]1CCCC1. The summed E-state index contributed by atoms with van der Waals surface area (Å²) in [6.45, 7) is 2.13. The molecule has 1 heteroatoms. The fraction of sp³-hybridized carbons (Fsp3) is 0.750. The van der Waals surface area contributed by atoms with Gasteiger partial charge in [0, 0.05) is 0 Å². The standard InChI is InChI=1S/C8H15Se/c1-2-3-6-9-7-4-5-8-9/h2-3H,4-8H2,1H3/q+1/b3-2+. The van der Waals surface area contributed by atoms with Crippen LogP contribution in [0, 0.1) is 0 Å². The molecule has 0 radical (unpaired) electrons. The van der Waals surface area contributed by atoms with Crippen LogP contribution in [0.2, 0.25) is 16.0 Å². The fourth-order valence-electron chi connectivity index (χ4n) is 1.11. The van der Waals surface area contributed by atoms with E-state index in [-0.39, 0.29) is 13.9 Å². The van der Waals surface area contributed by atoms with Crippen LogP contribution in [-0.4, -0.2) is 13.9 Å². The van der Waals surface area contributed by atoms with Crippen LogP contribution in [-0.2, 0) is 0 Å². The Labute approximate surface area is 62.2 Å². The van der Waals surface area contributed by atoms with Crippen molar-refractivity contribution in [1.82, 2.24) is 0 Å². The monoisotopic (exact) mass is 191 g/mol. The third-order valence-corrected chi connectivity index (χ3v) is 6.71. The predicted octanol–water partition coefficient (Wildman–Crippen LogP) is 2.85. The molecular formula is C8H15Se+. The quantitative estimate of drug-likeness (QED) is 0.464. The molecule has 0 N–H and O–H groups in total. The molecule has 0 bridgehead atoms. The molecule has 0 saturated carbocycles. The van der Waals surface area contributed by atoms with Crippen molar-refractivity contribution in [2.24, 2.45) is 0 Å². The van der Waals surface area contributed by atoms with E-state index in [4.69, 9.17) is 0 Å². The van der Waals surface area contributed by atoms with Gasteiger partial charge in [-0.3, -0.25) is 0 Å². The Balaban J connectivity index is 2.11. The van der Waals surface area contributed by atoms with E-state index in [0.717, 1.165) is 0 Å². The second-order valence-corrected chi connectivity index (χ2v) is 7.45. The van der Waals surface area contributed by atoms with Crippen LogP contribution in [0.4, 0.5) is 0 Å². The van der Waals surface area contributed by atoms with Gasteiger partial charge in [0.15, 0.2) is 0 Å². The van der Waals surface area contributed by atoms with E-state index in [1.807, 2.05) is 0 Å². The molecule has 1 aliphatic heterocycles. The molecular weight excluding hydrogens is 175 g/mol. The van der Waals surface area contributed by atoms with Gasteiger partial charge in [0.2, 0.25) is 0 Å². The third kappa shape index (κ3) is 2.55. The summed E-state index contributed by atoms with van der Waals surface area (Å²) in [5, 5.41) is 4.66. The molecule has 0 aromatic carbocycles. The van der Waals surface area contributed by atoms with Crippen molar-refractivity contribution < 1.29 is 0 Å². The summed E-state index contributed by atoms with van der Waals surface area (Å²) in [6, 6.07) is 0. The van der Waals surface area contributed by atoms with Crippen molar-refractivity contribution in [2.45, 2.75) is 35.7 Å². The Morgan fingerprint density at radius 3 is 2.56 bits per heavy atom. The van der Waals surface area contributed by atoms with E-state index in [0.29, 0.717) is 0 Å². The zero-order chi connectivity index (χ0) is 6.53. The molecule has 0 aliphatic carbocycles. The van der Waals surface area contributed by atoms with Gasteiger partial charge < -0.3 is 0 Å². The Hall–Kier alpha value is 0.259. The van der Waals surface area contributed by atoms with E-state index in [1.165, 1.54) is 18.2 Å². The van der Waals surface area contributed by atoms with Crippen LogP contribution >= 0.6 is 0 Å². The minimum absolute atomic E-state index is 0.0640. The number of allylic oxidation sites excluding steroid dienone is 2. The second-order valence-electron chi connectivity index (χ2n) is 2.46. The van der Waals surface area contributed by atoms with Gasteiger partial charge in [-0.25, -0.2) is 0 Å². The van der Waals surface area contributed by atoms with Crippen molar-refractivity contribution in [3.05, 3.63) is 12.2 Å². The van der Waals surface area contributed by atoms with E-state index >= 15 is 0 Å². The molecule has 1 fully saturated rings. The first-order valence-corrected chi connectivity index (χ1v) is 7.32. The first-order chi connectivity index (χ1) is 4.43. The molecule has 1 aliphatic rings. The van der Waals surface area contributed by atoms with Crippen LogP contribution < -0.4 is 0 Å². The minimum atomic E-state index is -0.0640. The van der Waals surface area contributed by atoms with Gasteiger partial charge in [0.25, 0.3) is 0 Å². The van der Waals surface area contributed by atoms with E-state index in [2.05, 4.69) is 19.1 Å². The van der Waals surface area contributed by atoms with Crippen LogP contribution in [0.1, 0.15) is 19.8 Å². The van der Waals surface area contributed by atoms with Crippen molar-refractivity contribution in [2.75, 3.05) is 0 Å². The summed E-state index contributed by atoms with van der Waals surface area (Å²) >= 11 is -0.0640. The van der Waals surface area contributed by atoms with Crippen molar-refractivity contribution in [3.63, 3.8) is 0 Å². The first kappa shape index (κ1) is 7.37. The van der Waals surface area contributed by atoms with Crippen molar-refractivity contribution >= 4 is 13.9 Å². The van der Waals surface area contributed by atoms with Crippen molar-refractivity contribution in [1.29, 1.82) is 0 Å². The Bertz CT molecular complexity index is 90.7. The average molecular weight is 190 g/mol. The van der Waals surface area contributed by atoms with Crippen LogP contribution in [0.5, 0.6) is 0 Å². The van der Waals surface area contributed by atoms with Gasteiger partial charge in [-0.1, -0.05) is 0 Å². The van der Waals surface area contributed by atoms with Gasteiger partial charge in [0.1, 0.15) is 0 Å².